The first-order valence-electron chi connectivity index (χ1n) is 6.71. The topological polar surface area (TPSA) is 40.5 Å². The van der Waals surface area contributed by atoms with Crippen molar-refractivity contribution in [2.75, 3.05) is 13.1 Å². The third kappa shape index (κ3) is 1.65. The van der Waals surface area contributed by atoms with E-state index in [-0.39, 0.29) is 0 Å². The molecule has 1 aliphatic carbocycles. The zero-order valence-corrected chi connectivity index (χ0v) is 9.77. The zero-order valence-electron chi connectivity index (χ0n) is 9.77. The lowest BCUT2D eigenvalue weighted by Crippen LogP contribution is -2.59. The van der Waals surface area contributed by atoms with Gasteiger partial charge in [-0.05, 0) is 56.5 Å². The second-order valence-electron chi connectivity index (χ2n) is 5.82. The van der Waals surface area contributed by atoms with E-state index in [2.05, 4.69) is 4.90 Å². The number of nitrogens with zero attached hydrogens (tertiary/aromatic N) is 1. The molecule has 16 heavy (non-hydrogen) atoms. The Hall–Kier alpha value is -0.570. The molecule has 2 atom stereocenters. The quantitative estimate of drug-likeness (QED) is 0.795. The number of fused-ring (bicyclic) bond motifs is 3. The molecular formula is C13H21NO2. The summed E-state index contributed by atoms with van der Waals surface area (Å²) in [5.74, 6) is 1.37. The first-order valence-corrected chi connectivity index (χ1v) is 6.71. The predicted octanol–water partition coefficient (Wildman–Crippen LogP) is 1.97. The number of carboxylic acid groups (broad SMARTS) is 1. The average molecular weight is 223 g/mol. The fourth-order valence-corrected chi connectivity index (χ4v) is 4.11. The lowest BCUT2D eigenvalue weighted by atomic mass is 9.64. The van der Waals surface area contributed by atoms with Gasteiger partial charge in [-0.15, -0.1) is 0 Å². The molecule has 2 unspecified atom stereocenters. The Morgan fingerprint density at radius 3 is 2.31 bits per heavy atom. The van der Waals surface area contributed by atoms with Crippen LogP contribution in [0, 0.1) is 17.8 Å². The number of hydrogen-bond donors (Lipinski definition) is 1. The van der Waals surface area contributed by atoms with Crippen LogP contribution < -0.4 is 0 Å². The molecule has 1 saturated carbocycles. The van der Waals surface area contributed by atoms with Crippen molar-refractivity contribution in [2.45, 2.75) is 44.6 Å². The van der Waals surface area contributed by atoms with Gasteiger partial charge in [-0.2, -0.15) is 0 Å². The third-order valence-corrected chi connectivity index (χ3v) is 5.08. The molecular weight excluding hydrogens is 202 g/mol. The fourth-order valence-electron chi connectivity index (χ4n) is 4.11. The molecule has 0 aromatic carbocycles. The Labute approximate surface area is 96.8 Å². The Kier molecular flexibility index (Phi) is 2.66. The number of piperidine rings is 3. The van der Waals surface area contributed by atoms with Gasteiger partial charge in [0.05, 0.1) is 0 Å². The summed E-state index contributed by atoms with van der Waals surface area (Å²) >= 11 is 0. The van der Waals surface area contributed by atoms with Crippen LogP contribution in [0.15, 0.2) is 0 Å². The van der Waals surface area contributed by atoms with E-state index in [1.807, 2.05) is 0 Å². The normalized spacial score (nSPS) is 43.0. The average Bonchev–Trinajstić information content (AvgIpc) is 2.19. The highest BCUT2D eigenvalue weighted by Crippen LogP contribution is 2.46. The molecule has 3 aliphatic heterocycles. The van der Waals surface area contributed by atoms with E-state index >= 15 is 0 Å². The van der Waals surface area contributed by atoms with Gasteiger partial charge in [0.15, 0.2) is 0 Å². The van der Waals surface area contributed by atoms with E-state index in [0.717, 1.165) is 5.92 Å². The van der Waals surface area contributed by atoms with Crippen LogP contribution in [0.3, 0.4) is 0 Å². The van der Waals surface area contributed by atoms with Crippen molar-refractivity contribution in [3.63, 3.8) is 0 Å². The van der Waals surface area contributed by atoms with Crippen LogP contribution >= 0.6 is 0 Å². The van der Waals surface area contributed by atoms with Crippen molar-refractivity contribution in [1.29, 1.82) is 0 Å². The lowest BCUT2D eigenvalue weighted by molar-refractivity contribution is -0.142. The molecule has 0 radical (unpaired) electrons. The van der Waals surface area contributed by atoms with Crippen LogP contribution in [-0.4, -0.2) is 35.1 Å². The van der Waals surface area contributed by atoms with Crippen molar-refractivity contribution in [1.82, 2.24) is 4.90 Å². The maximum absolute atomic E-state index is 11.0. The summed E-state index contributed by atoms with van der Waals surface area (Å²) in [5.41, 5.74) is 0. The largest absolute Gasteiger partial charge is 0.481 e. The summed E-state index contributed by atoms with van der Waals surface area (Å²) in [4.78, 5) is 13.6. The summed E-state index contributed by atoms with van der Waals surface area (Å²) < 4.78 is 0. The van der Waals surface area contributed by atoms with Crippen molar-refractivity contribution in [2.24, 2.45) is 17.8 Å². The highest BCUT2D eigenvalue weighted by molar-refractivity contribution is 5.67. The van der Waals surface area contributed by atoms with Gasteiger partial charge < -0.3 is 5.11 Å². The summed E-state index contributed by atoms with van der Waals surface area (Å²) in [7, 11) is 0. The smallest absolute Gasteiger partial charge is 0.303 e. The second kappa shape index (κ2) is 4.02. The zero-order chi connectivity index (χ0) is 11.1. The van der Waals surface area contributed by atoms with Gasteiger partial charge in [-0.3, -0.25) is 9.69 Å². The van der Waals surface area contributed by atoms with Crippen LogP contribution in [-0.2, 0) is 4.79 Å². The number of carboxylic acids is 1. The first kappa shape index (κ1) is 10.6. The van der Waals surface area contributed by atoms with Gasteiger partial charge in [0.25, 0.3) is 0 Å². The van der Waals surface area contributed by atoms with Gasteiger partial charge in [-0.1, -0.05) is 6.42 Å². The molecule has 3 heterocycles. The van der Waals surface area contributed by atoms with Crippen LogP contribution in [0.4, 0.5) is 0 Å². The van der Waals surface area contributed by atoms with E-state index < -0.39 is 5.97 Å². The van der Waals surface area contributed by atoms with Crippen LogP contribution in [0.5, 0.6) is 0 Å². The molecule has 3 nitrogen and oxygen atoms in total. The Balaban J connectivity index is 1.77. The standard InChI is InChI=1S/C13H21NO2/c15-12(16)8-11-9-4-6-14(7-5-9)13(11)10-2-1-3-10/h9-11,13H,1-8H2,(H,15,16). The molecule has 4 rings (SSSR count). The minimum absolute atomic E-state index is 0.405. The fraction of sp³-hybridized carbons (Fsp3) is 0.923. The summed E-state index contributed by atoms with van der Waals surface area (Å²) in [5, 5.41) is 9.07. The first-order chi connectivity index (χ1) is 7.75. The highest BCUT2D eigenvalue weighted by Gasteiger charge is 2.47. The maximum atomic E-state index is 11.0. The molecule has 1 N–H and O–H groups in total. The third-order valence-electron chi connectivity index (χ3n) is 5.08. The van der Waals surface area contributed by atoms with E-state index in [4.69, 9.17) is 5.11 Å². The Morgan fingerprint density at radius 2 is 1.81 bits per heavy atom. The van der Waals surface area contributed by atoms with Gasteiger partial charge in [0.1, 0.15) is 0 Å². The Bertz CT molecular complexity index is 280. The molecule has 0 spiro atoms. The van der Waals surface area contributed by atoms with E-state index in [9.17, 15) is 4.79 Å². The second-order valence-corrected chi connectivity index (χ2v) is 5.82. The van der Waals surface area contributed by atoms with Gasteiger partial charge >= 0.3 is 5.97 Å². The maximum Gasteiger partial charge on any atom is 0.303 e. The van der Waals surface area contributed by atoms with Crippen LogP contribution in [0.1, 0.15) is 38.5 Å². The number of hydrogen-bond acceptors (Lipinski definition) is 2. The van der Waals surface area contributed by atoms with Crippen molar-refractivity contribution in [3.8, 4) is 0 Å². The monoisotopic (exact) mass is 223 g/mol. The van der Waals surface area contributed by atoms with E-state index in [1.54, 1.807) is 0 Å². The number of aliphatic carboxylic acids is 1. The summed E-state index contributed by atoms with van der Waals surface area (Å²) in [6, 6.07) is 0.609. The SMILES string of the molecule is O=C(O)CC1C2CCN(CC2)C1C1CCC1. The molecule has 4 fully saturated rings. The molecule has 3 heteroatoms. The van der Waals surface area contributed by atoms with Gasteiger partial charge in [-0.25, -0.2) is 0 Å². The number of carbonyl (C=O) groups is 1. The van der Waals surface area contributed by atoms with Gasteiger partial charge in [0.2, 0.25) is 0 Å². The molecule has 3 saturated heterocycles. The van der Waals surface area contributed by atoms with Crippen molar-refractivity contribution in [3.05, 3.63) is 0 Å². The minimum atomic E-state index is -0.594. The molecule has 0 aromatic heterocycles. The summed E-state index contributed by atoms with van der Waals surface area (Å²) in [6.45, 7) is 2.45. The molecule has 0 aromatic rings. The summed E-state index contributed by atoms with van der Waals surface area (Å²) in [6.07, 6.45) is 6.91. The highest BCUT2D eigenvalue weighted by atomic mass is 16.4. The van der Waals surface area contributed by atoms with E-state index in [1.165, 1.54) is 45.2 Å². The van der Waals surface area contributed by atoms with Crippen LogP contribution in [0.2, 0.25) is 0 Å². The van der Waals surface area contributed by atoms with Gasteiger partial charge in [0, 0.05) is 12.5 Å². The minimum Gasteiger partial charge on any atom is -0.481 e. The van der Waals surface area contributed by atoms with Crippen molar-refractivity contribution >= 4 is 5.97 Å². The molecule has 4 aliphatic rings. The molecule has 2 bridgehead atoms. The van der Waals surface area contributed by atoms with Crippen molar-refractivity contribution < 1.29 is 9.90 Å². The van der Waals surface area contributed by atoms with E-state index in [0.29, 0.717) is 24.3 Å². The molecule has 90 valence electrons. The lowest BCUT2D eigenvalue weighted by Gasteiger charge is -2.55. The number of rotatable bonds is 3. The van der Waals surface area contributed by atoms with Crippen LogP contribution in [0.25, 0.3) is 0 Å². The predicted molar refractivity (Wildman–Crippen MR) is 61.2 cm³/mol. The molecule has 0 amide bonds. The Morgan fingerprint density at radius 1 is 1.12 bits per heavy atom.